The average Bonchev–Trinajstić information content (AvgIpc) is 2.14. The number of nitrogens with zero attached hydrogens (tertiary/aromatic N) is 4. The SMILES string of the molecule is [N-]=[N+]=NCCn1cc(F)c(=O)[nH]c1=O. The molecule has 0 unspecified atom stereocenters. The van der Waals surface area contributed by atoms with Crippen LogP contribution in [0.5, 0.6) is 0 Å². The molecule has 74 valence electrons. The summed E-state index contributed by atoms with van der Waals surface area (Å²) in [4.78, 5) is 25.8. The summed E-state index contributed by atoms with van der Waals surface area (Å²) in [5.41, 5.74) is 6.16. The third kappa shape index (κ3) is 2.20. The predicted octanol–water partition coefficient (Wildman–Crippen LogP) is -0.0140. The summed E-state index contributed by atoms with van der Waals surface area (Å²) in [5, 5.41) is 3.17. The Morgan fingerprint density at radius 1 is 1.64 bits per heavy atom. The molecule has 1 rings (SSSR count). The minimum atomic E-state index is -1.06. The van der Waals surface area contributed by atoms with Crippen molar-refractivity contribution in [1.29, 1.82) is 0 Å². The van der Waals surface area contributed by atoms with Crippen molar-refractivity contribution >= 4 is 0 Å². The highest BCUT2D eigenvalue weighted by Gasteiger charge is 2.01. The van der Waals surface area contributed by atoms with Crippen LogP contribution in [0.25, 0.3) is 10.4 Å². The fraction of sp³-hybridized carbons (Fsp3) is 0.333. The van der Waals surface area contributed by atoms with Crippen molar-refractivity contribution in [1.82, 2.24) is 9.55 Å². The third-order valence-corrected chi connectivity index (χ3v) is 1.47. The van der Waals surface area contributed by atoms with E-state index >= 15 is 0 Å². The molecule has 0 radical (unpaired) electrons. The van der Waals surface area contributed by atoms with E-state index in [1.54, 1.807) is 4.98 Å². The summed E-state index contributed by atoms with van der Waals surface area (Å²) in [6, 6.07) is 0. The standard InChI is InChI=1S/C6H6FN5O2/c7-4-3-12(2-1-9-11-8)6(14)10-5(4)13/h3H,1-2H2,(H,10,13,14). The highest BCUT2D eigenvalue weighted by molar-refractivity contribution is 4.87. The third-order valence-electron chi connectivity index (χ3n) is 1.47. The molecule has 0 fully saturated rings. The van der Waals surface area contributed by atoms with Crippen LogP contribution in [0.1, 0.15) is 0 Å². The van der Waals surface area contributed by atoms with Crippen LogP contribution >= 0.6 is 0 Å². The van der Waals surface area contributed by atoms with E-state index in [-0.39, 0.29) is 13.1 Å². The van der Waals surface area contributed by atoms with Crippen LogP contribution in [-0.2, 0) is 6.54 Å². The van der Waals surface area contributed by atoms with Gasteiger partial charge in [0.1, 0.15) is 0 Å². The van der Waals surface area contributed by atoms with Crippen molar-refractivity contribution in [2.24, 2.45) is 5.11 Å². The van der Waals surface area contributed by atoms with Gasteiger partial charge in [-0.3, -0.25) is 14.3 Å². The van der Waals surface area contributed by atoms with Gasteiger partial charge in [0.25, 0.3) is 5.56 Å². The zero-order valence-corrected chi connectivity index (χ0v) is 6.97. The van der Waals surface area contributed by atoms with Gasteiger partial charge in [-0.1, -0.05) is 5.11 Å². The molecule has 0 bridgehead atoms. The van der Waals surface area contributed by atoms with Gasteiger partial charge in [0.2, 0.25) is 5.82 Å². The van der Waals surface area contributed by atoms with E-state index in [4.69, 9.17) is 5.53 Å². The van der Waals surface area contributed by atoms with E-state index in [2.05, 4.69) is 10.0 Å². The monoisotopic (exact) mass is 199 g/mol. The van der Waals surface area contributed by atoms with Gasteiger partial charge in [-0.15, -0.1) is 0 Å². The number of aromatic nitrogens is 2. The molecule has 1 aromatic rings. The number of azide groups is 1. The second-order valence-corrected chi connectivity index (χ2v) is 2.38. The summed E-state index contributed by atoms with van der Waals surface area (Å²) in [5.74, 6) is -1.05. The molecule has 8 heteroatoms. The van der Waals surface area contributed by atoms with Crippen LogP contribution in [0.15, 0.2) is 20.9 Å². The second kappa shape index (κ2) is 4.24. The maximum absolute atomic E-state index is 12.7. The van der Waals surface area contributed by atoms with Gasteiger partial charge in [0.15, 0.2) is 0 Å². The van der Waals surface area contributed by atoms with Crippen molar-refractivity contribution < 1.29 is 4.39 Å². The summed E-state index contributed by atoms with van der Waals surface area (Å²) < 4.78 is 13.6. The van der Waals surface area contributed by atoms with E-state index in [0.717, 1.165) is 10.8 Å². The Hall–Kier alpha value is -2.08. The molecule has 1 N–H and O–H groups in total. The van der Waals surface area contributed by atoms with Gasteiger partial charge in [-0.25, -0.2) is 4.79 Å². The maximum atomic E-state index is 12.7. The molecule has 0 saturated heterocycles. The van der Waals surface area contributed by atoms with Crippen molar-refractivity contribution in [3.05, 3.63) is 43.3 Å². The molecular weight excluding hydrogens is 193 g/mol. The Balaban J connectivity index is 2.98. The minimum Gasteiger partial charge on any atom is -0.298 e. The molecule has 0 atom stereocenters. The van der Waals surface area contributed by atoms with Crippen LogP contribution in [0, 0.1) is 5.82 Å². The molecule has 1 aromatic heterocycles. The summed E-state index contributed by atoms with van der Waals surface area (Å²) in [7, 11) is 0. The summed E-state index contributed by atoms with van der Waals surface area (Å²) >= 11 is 0. The van der Waals surface area contributed by atoms with Gasteiger partial charge < -0.3 is 0 Å². The first-order valence-electron chi connectivity index (χ1n) is 3.65. The van der Waals surface area contributed by atoms with Gasteiger partial charge in [0, 0.05) is 18.0 Å². The maximum Gasteiger partial charge on any atom is 0.328 e. The molecule has 0 spiro atoms. The van der Waals surface area contributed by atoms with Crippen molar-refractivity contribution in [2.45, 2.75) is 6.54 Å². The van der Waals surface area contributed by atoms with Crippen LogP contribution in [0.2, 0.25) is 0 Å². The lowest BCUT2D eigenvalue weighted by molar-refractivity contribution is 0.553. The molecule has 1 heterocycles. The predicted molar refractivity (Wildman–Crippen MR) is 45.3 cm³/mol. The average molecular weight is 199 g/mol. The van der Waals surface area contributed by atoms with Crippen LogP contribution in [0.3, 0.4) is 0 Å². The molecule has 0 aliphatic carbocycles. The molecule has 0 aliphatic rings. The highest BCUT2D eigenvalue weighted by Crippen LogP contribution is 1.84. The first kappa shape index (κ1) is 10.0. The largest absolute Gasteiger partial charge is 0.328 e. The zero-order chi connectivity index (χ0) is 10.6. The molecular formula is C6H6FN5O2. The lowest BCUT2D eigenvalue weighted by Crippen LogP contribution is -2.31. The van der Waals surface area contributed by atoms with Crippen LogP contribution in [0.4, 0.5) is 4.39 Å². The number of aromatic amines is 1. The van der Waals surface area contributed by atoms with Crippen molar-refractivity contribution in [3.63, 3.8) is 0 Å². The fourth-order valence-electron chi connectivity index (χ4n) is 0.846. The Morgan fingerprint density at radius 3 is 3.00 bits per heavy atom. The Bertz CT molecular complexity index is 484. The lowest BCUT2D eigenvalue weighted by atomic mass is 10.5. The van der Waals surface area contributed by atoms with Gasteiger partial charge in [-0.05, 0) is 5.53 Å². The summed E-state index contributed by atoms with van der Waals surface area (Å²) in [6.07, 6.45) is 0.772. The first-order chi connectivity index (χ1) is 6.65. The van der Waals surface area contributed by atoms with E-state index in [9.17, 15) is 14.0 Å². The number of hydrogen-bond acceptors (Lipinski definition) is 3. The molecule has 7 nitrogen and oxygen atoms in total. The number of H-pyrrole nitrogens is 1. The minimum absolute atomic E-state index is 0.0158. The van der Waals surface area contributed by atoms with E-state index < -0.39 is 17.1 Å². The van der Waals surface area contributed by atoms with E-state index in [0.29, 0.717) is 0 Å². The van der Waals surface area contributed by atoms with Crippen molar-refractivity contribution in [3.8, 4) is 0 Å². The van der Waals surface area contributed by atoms with Gasteiger partial charge in [0.05, 0.1) is 6.20 Å². The Morgan fingerprint density at radius 2 is 2.36 bits per heavy atom. The molecule has 14 heavy (non-hydrogen) atoms. The highest BCUT2D eigenvalue weighted by atomic mass is 19.1. The zero-order valence-electron chi connectivity index (χ0n) is 6.97. The second-order valence-electron chi connectivity index (χ2n) is 2.38. The molecule has 0 aliphatic heterocycles. The van der Waals surface area contributed by atoms with E-state index in [1.165, 1.54) is 0 Å². The number of rotatable bonds is 3. The lowest BCUT2D eigenvalue weighted by Gasteiger charge is -2.00. The first-order valence-corrected chi connectivity index (χ1v) is 3.65. The number of halogens is 1. The van der Waals surface area contributed by atoms with E-state index in [1.807, 2.05) is 0 Å². The van der Waals surface area contributed by atoms with Crippen molar-refractivity contribution in [2.75, 3.05) is 6.54 Å². The quantitative estimate of drug-likeness (QED) is 0.420. The van der Waals surface area contributed by atoms with Gasteiger partial charge >= 0.3 is 5.69 Å². The van der Waals surface area contributed by atoms with Crippen LogP contribution in [-0.4, -0.2) is 16.1 Å². The topological polar surface area (TPSA) is 104 Å². The smallest absolute Gasteiger partial charge is 0.298 e. The fourth-order valence-corrected chi connectivity index (χ4v) is 0.846. The summed E-state index contributed by atoms with van der Waals surface area (Å²) in [6.45, 7) is 0.0402. The molecule has 0 aromatic carbocycles. The number of nitrogens with one attached hydrogen (secondary N) is 1. The molecule has 0 amide bonds. The normalized spacial score (nSPS) is 9.50. The molecule has 0 saturated carbocycles. The van der Waals surface area contributed by atoms with Gasteiger partial charge in [-0.2, -0.15) is 4.39 Å². The Labute approximate surface area is 76.4 Å². The Kier molecular flexibility index (Phi) is 3.03. The van der Waals surface area contributed by atoms with Crippen LogP contribution < -0.4 is 11.2 Å². The number of hydrogen-bond donors (Lipinski definition) is 1.